The second-order valence-corrected chi connectivity index (χ2v) is 5.09. The molecule has 21 heavy (non-hydrogen) atoms. The van der Waals surface area contributed by atoms with Crippen molar-refractivity contribution in [2.24, 2.45) is 0 Å². The topological polar surface area (TPSA) is 34.1 Å². The highest BCUT2D eigenvalue weighted by atomic mass is 35.5. The maximum absolute atomic E-state index is 5.52. The fourth-order valence-electron chi connectivity index (χ4n) is 1.91. The molecule has 2 aromatic rings. The Morgan fingerprint density at radius 1 is 1.10 bits per heavy atom. The van der Waals surface area contributed by atoms with Gasteiger partial charge in [0.25, 0.3) is 0 Å². The smallest absolute Gasteiger partial charge is 0.213 e. The van der Waals surface area contributed by atoms with E-state index in [1.165, 1.54) is 11.1 Å². The minimum Gasteiger partial charge on any atom is -0.476 e. The Morgan fingerprint density at radius 3 is 2.48 bits per heavy atom. The number of benzene rings is 1. The zero-order chi connectivity index (χ0) is 14.2. The molecule has 1 N–H and O–H groups in total. The minimum absolute atomic E-state index is 0. The van der Waals surface area contributed by atoms with E-state index in [2.05, 4.69) is 48.4 Å². The highest BCUT2D eigenvalue weighted by Gasteiger charge is 1.99. The number of nitrogens with one attached hydrogen (secondary N) is 1. The van der Waals surface area contributed by atoms with Crippen molar-refractivity contribution in [1.29, 1.82) is 0 Å². The Labute approximate surface area is 133 Å². The molecular weight excluding hydrogens is 284 g/mol. The molecule has 0 aliphatic carbocycles. The Bertz CT molecular complexity index is 500. The SMILES string of the molecule is CC(C)c1ccc(CNCCOc2ccccn2)cc1.Cl. The van der Waals surface area contributed by atoms with Crippen LogP contribution in [-0.4, -0.2) is 18.1 Å². The van der Waals surface area contributed by atoms with Crippen LogP contribution in [-0.2, 0) is 6.54 Å². The van der Waals surface area contributed by atoms with Crippen LogP contribution in [0.1, 0.15) is 30.9 Å². The predicted octanol–water partition coefficient (Wildman–Crippen LogP) is 3.80. The summed E-state index contributed by atoms with van der Waals surface area (Å²) in [5.41, 5.74) is 2.68. The van der Waals surface area contributed by atoms with Gasteiger partial charge in [0.1, 0.15) is 6.61 Å². The highest BCUT2D eigenvalue weighted by Crippen LogP contribution is 2.14. The number of ether oxygens (including phenoxy) is 1. The molecule has 0 fully saturated rings. The molecule has 0 aliphatic rings. The Balaban J connectivity index is 0.00000220. The number of pyridine rings is 1. The second-order valence-electron chi connectivity index (χ2n) is 5.09. The normalized spacial score (nSPS) is 10.2. The predicted molar refractivity (Wildman–Crippen MR) is 89.2 cm³/mol. The summed E-state index contributed by atoms with van der Waals surface area (Å²) in [6, 6.07) is 14.4. The van der Waals surface area contributed by atoms with Gasteiger partial charge in [-0.1, -0.05) is 44.2 Å². The summed E-state index contributed by atoms with van der Waals surface area (Å²) in [5, 5.41) is 3.37. The monoisotopic (exact) mass is 306 g/mol. The lowest BCUT2D eigenvalue weighted by Gasteiger charge is -2.08. The first-order valence-electron chi connectivity index (χ1n) is 7.09. The van der Waals surface area contributed by atoms with E-state index in [4.69, 9.17) is 4.74 Å². The maximum Gasteiger partial charge on any atom is 0.213 e. The van der Waals surface area contributed by atoms with Crippen LogP contribution in [0, 0.1) is 0 Å². The third kappa shape index (κ3) is 6.15. The largest absolute Gasteiger partial charge is 0.476 e. The van der Waals surface area contributed by atoms with Gasteiger partial charge in [0.2, 0.25) is 5.88 Å². The van der Waals surface area contributed by atoms with Gasteiger partial charge < -0.3 is 10.1 Å². The van der Waals surface area contributed by atoms with E-state index in [0.29, 0.717) is 18.4 Å². The molecular formula is C17H23ClN2O. The lowest BCUT2D eigenvalue weighted by molar-refractivity contribution is 0.302. The van der Waals surface area contributed by atoms with Crippen LogP contribution in [0.2, 0.25) is 0 Å². The van der Waals surface area contributed by atoms with Crippen LogP contribution >= 0.6 is 12.4 Å². The van der Waals surface area contributed by atoms with Crippen molar-refractivity contribution >= 4 is 12.4 Å². The number of hydrogen-bond donors (Lipinski definition) is 1. The van der Waals surface area contributed by atoms with Crippen molar-refractivity contribution in [1.82, 2.24) is 10.3 Å². The molecule has 1 aromatic heterocycles. The lowest BCUT2D eigenvalue weighted by atomic mass is 10.0. The number of halogens is 1. The van der Waals surface area contributed by atoms with E-state index in [1.54, 1.807) is 6.20 Å². The van der Waals surface area contributed by atoms with Crippen molar-refractivity contribution in [3.63, 3.8) is 0 Å². The zero-order valence-corrected chi connectivity index (χ0v) is 13.4. The lowest BCUT2D eigenvalue weighted by Crippen LogP contribution is -2.20. The Hall–Kier alpha value is -1.58. The Morgan fingerprint density at radius 2 is 1.86 bits per heavy atom. The molecule has 0 spiro atoms. The molecule has 0 saturated heterocycles. The van der Waals surface area contributed by atoms with Crippen molar-refractivity contribution in [3.05, 3.63) is 59.8 Å². The van der Waals surface area contributed by atoms with Gasteiger partial charge in [-0.25, -0.2) is 4.98 Å². The molecule has 3 nitrogen and oxygen atoms in total. The molecule has 1 heterocycles. The molecule has 4 heteroatoms. The molecule has 0 saturated carbocycles. The molecule has 0 aliphatic heterocycles. The maximum atomic E-state index is 5.52. The molecule has 1 aromatic carbocycles. The first kappa shape index (κ1) is 17.5. The minimum atomic E-state index is 0. The van der Waals surface area contributed by atoms with Crippen molar-refractivity contribution in [3.8, 4) is 5.88 Å². The van der Waals surface area contributed by atoms with Crippen LogP contribution in [0.4, 0.5) is 0 Å². The average Bonchev–Trinajstić information content (AvgIpc) is 2.48. The van der Waals surface area contributed by atoms with Crippen molar-refractivity contribution < 1.29 is 4.74 Å². The first-order chi connectivity index (χ1) is 9.75. The van der Waals surface area contributed by atoms with Gasteiger partial charge in [-0.2, -0.15) is 0 Å². The van der Waals surface area contributed by atoms with E-state index in [9.17, 15) is 0 Å². The van der Waals surface area contributed by atoms with Crippen molar-refractivity contribution in [2.45, 2.75) is 26.3 Å². The van der Waals surface area contributed by atoms with Crippen LogP contribution in [0.15, 0.2) is 48.7 Å². The van der Waals surface area contributed by atoms with Crippen LogP contribution in [0.5, 0.6) is 5.88 Å². The van der Waals surface area contributed by atoms with Crippen molar-refractivity contribution in [2.75, 3.05) is 13.2 Å². The number of hydrogen-bond acceptors (Lipinski definition) is 3. The van der Waals surface area contributed by atoms with Gasteiger partial charge >= 0.3 is 0 Å². The molecule has 0 bridgehead atoms. The molecule has 2 rings (SSSR count). The number of aromatic nitrogens is 1. The van der Waals surface area contributed by atoms with E-state index >= 15 is 0 Å². The number of nitrogens with zero attached hydrogens (tertiary/aromatic N) is 1. The molecule has 0 radical (unpaired) electrons. The fraction of sp³-hybridized carbons (Fsp3) is 0.353. The standard InChI is InChI=1S/C17H22N2O.ClH/c1-14(2)16-8-6-15(7-9-16)13-18-11-12-20-17-5-3-4-10-19-17;/h3-10,14,18H,11-13H2,1-2H3;1H. The summed E-state index contributed by atoms with van der Waals surface area (Å²) in [6.45, 7) is 6.72. The summed E-state index contributed by atoms with van der Waals surface area (Å²) < 4.78 is 5.52. The fourth-order valence-corrected chi connectivity index (χ4v) is 1.91. The summed E-state index contributed by atoms with van der Waals surface area (Å²) in [5.74, 6) is 1.26. The third-order valence-corrected chi connectivity index (χ3v) is 3.14. The molecule has 0 atom stereocenters. The quantitative estimate of drug-likeness (QED) is 0.790. The van der Waals surface area contributed by atoms with E-state index in [-0.39, 0.29) is 12.4 Å². The van der Waals surface area contributed by atoms with Gasteiger partial charge in [-0.15, -0.1) is 12.4 Å². The van der Waals surface area contributed by atoms with Gasteiger partial charge in [0.05, 0.1) is 0 Å². The summed E-state index contributed by atoms with van der Waals surface area (Å²) in [6.07, 6.45) is 1.74. The number of rotatable bonds is 7. The van der Waals surface area contributed by atoms with Gasteiger partial charge in [0.15, 0.2) is 0 Å². The molecule has 0 amide bonds. The average molecular weight is 307 g/mol. The van der Waals surface area contributed by atoms with Gasteiger partial charge in [-0.3, -0.25) is 0 Å². The van der Waals surface area contributed by atoms with E-state index in [0.717, 1.165) is 13.1 Å². The van der Waals surface area contributed by atoms with Gasteiger partial charge in [0, 0.05) is 25.4 Å². The van der Waals surface area contributed by atoms with E-state index < -0.39 is 0 Å². The van der Waals surface area contributed by atoms with E-state index in [1.807, 2.05) is 18.2 Å². The second kappa shape index (κ2) is 9.37. The summed E-state index contributed by atoms with van der Waals surface area (Å²) in [4.78, 5) is 4.11. The molecule has 114 valence electrons. The van der Waals surface area contributed by atoms with Crippen LogP contribution < -0.4 is 10.1 Å². The van der Waals surface area contributed by atoms with Crippen LogP contribution in [0.3, 0.4) is 0 Å². The van der Waals surface area contributed by atoms with Gasteiger partial charge in [-0.05, 0) is 23.1 Å². The van der Waals surface area contributed by atoms with Crippen LogP contribution in [0.25, 0.3) is 0 Å². The zero-order valence-electron chi connectivity index (χ0n) is 12.6. The first-order valence-corrected chi connectivity index (χ1v) is 7.09. The summed E-state index contributed by atoms with van der Waals surface area (Å²) >= 11 is 0. The summed E-state index contributed by atoms with van der Waals surface area (Å²) in [7, 11) is 0. The molecule has 0 unspecified atom stereocenters. The third-order valence-electron chi connectivity index (χ3n) is 3.14. The Kier molecular flexibility index (Phi) is 7.80. The highest BCUT2D eigenvalue weighted by molar-refractivity contribution is 5.85.